The number of aliphatic carboxylic acids is 1. The van der Waals surface area contributed by atoms with E-state index in [-0.39, 0.29) is 63.3 Å². The summed E-state index contributed by atoms with van der Waals surface area (Å²) in [5, 5.41) is 17.5. The van der Waals surface area contributed by atoms with E-state index in [1.165, 1.54) is 5.56 Å². The van der Waals surface area contributed by atoms with Gasteiger partial charge in [-0.05, 0) is 42.0 Å². The van der Waals surface area contributed by atoms with Gasteiger partial charge in [0.15, 0.2) is 0 Å². The van der Waals surface area contributed by atoms with Crippen molar-refractivity contribution in [3.63, 3.8) is 0 Å². The fourth-order valence-electron chi connectivity index (χ4n) is 2.36. The van der Waals surface area contributed by atoms with Gasteiger partial charge in [-0.25, -0.2) is 0 Å². The van der Waals surface area contributed by atoms with Crippen LogP contribution < -0.4 is 4.74 Å². The Morgan fingerprint density at radius 1 is 1.44 bits per heavy atom. The zero-order valence-electron chi connectivity index (χ0n) is 9.91. The molecule has 2 rings (SSSR count). The molecule has 0 amide bonds. The minimum Gasteiger partial charge on any atom is -0.491 e. The van der Waals surface area contributed by atoms with Crippen molar-refractivity contribution in [1.82, 2.24) is 0 Å². The Morgan fingerprint density at radius 3 is 2.89 bits per heavy atom. The number of aryl methyl sites for hydroxylation is 1. The van der Waals surface area contributed by atoms with Gasteiger partial charge >= 0.3 is 5.97 Å². The van der Waals surface area contributed by atoms with Crippen LogP contribution in [0.1, 0.15) is 29.9 Å². The van der Waals surface area contributed by atoms with Crippen LogP contribution >= 0.6 is 0 Å². The van der Waals surface area contributed by atoms with Crippen molar-refractivity contribution in [3.8, 4) is 5.75 Å². The Labute approximate surface area is 136 Å². The number of carbonyl (C=O) groups is 1. The van der Waals surface area contributed by atoms with Crippen molar-refractivity contribution in [1.29, 1.82) is 0 Å². The molecule has 0 spiro atoms. The Kier molecular flexibility index (Phi) is 6.43. The summed E-state index contributed by atoms with van der Waals surface area (Å²) in [6, 6.07) is 5.74. The SMILES string of the molecule is O=C(O)C[C@@H]1CCc2cc(OCCO)ccc21.[Ar]. The second kappa shape index (κ2) is 7.34. The third kappa shape index (κ3) is 3.85. The molecular weight excluding hydrogens is 260 g/mol. The summed E-state index contributed by atoms with van der Waals surface area (Å²) >= 11 is 0. The molecule has 0 aromatic heterocycles. The molecule has 0 aliphatic heterocycles. The molecule has 18 heavy (non-hydrogen) atoms. The van der Waals surface area contributed by atoms with E-state index in [0.29, 0.717) is 0 Å². The Balaban J connectivity index is 0.00000162. The number of hydrogen-bond acceptors (Lipinski definition) is 3. The maximum atomic E-state index is 10.7. The van der Waals surface area contributed by atoms with E-state index in [9.17, 15) is 4.79 Å². The second-order valence-corrected chi connectivity index (χ2v) is 4.27. The predicted molar refractivity (Wildman–Crippen MR) is 62.3 cm³/mol. The smallest absolute Gasteiger partial charge is 0.303 e. The minimum absolute atomic E-state index is 0. The molecule has 0 radical (unpaired) electrons. The molecule has 5 heteroatoms. The molecule has 0 unspecified atom stereocenters. The minimum atomic E-state index is -0.747. The molecule has 0 fully saturated rings. The molecule has 100 valence electrons. The van der Waals surface area contributed by atoms with Crippen LogP contribution in [-0.2, 0) is 11.2 Å². The molecule has 0 heterocycles. The van der Waals surface area contributed by atoms with E-state index in [1.807, 2.05) is 18.2 Å². The summed E-state index contributed by atoms with van der Waals surface area (Å²) in [7, 11) is 0. The number of benzene rings is 1. The van der Waals surface area contributed by atoms with E-state index in [2.05, 4.69) is 0 Å². The van der Waals surface area contributed by atoms with Crippen molar-refractivity contribution in [2.24, 2.45) is 0 Å². The summed E-state index contributed by atoms with van der Waals surface area (Å²) in [6.45, 7) is 0.288. The van der Waals surface area contributed by atoms with E-state index in [1.54, 1.807) is 0 Å². The maximum absolute atomic E-state index is 10.7. The molecule has 4 nitrogen and oxygen atoms in total. The van der Waals surface area contributed by atoms with Gasteiger partial charge in [-0.15, -0.1) is 0 Å². The monoisotopic (exact) mass is 276 g/mol. The first kappa shape index (κ1) is 15.8. The van der Waals surface area contributed by atoms with Gasteiger partial charge in [0, 0.05) is 37.7 Å². The number of aliphatic hydroxyl groups is 1. The van der Waals surface area contributed by atoms with Gasteiger partial charge in [-0.1, -0.05) is 6.07 Å². The Bertz CT molecular complexity index is 419. The average molecular weight is 276 g/mol. The van der Waals surface area contributed by atoms with Crippen molar-refractivity contribution in [2.75, 3.05) is 13.2 Å². The Morgan fingerprint density at radius 2 is 2.22 bits per heavy atom. The van der Waals surface area contributed by atoms with Gasteiger partial charge in [0.2, 0.25) is 0 Å². The van der Waals surface area contributed by atoms with Gasteiger partial charge in [0.05, 0.1) is 13.0 Å². The van der Waals surface area contributed by atoms with E-state index in [4.69, 9.17) is 14.9 Å². The van der Waals surface area contributed by atoms with E-state index >= 15 is 0 Å². The van der Waals surface area contributed by atoms with Crippen molar-refractivity contribution >= 4 is 5.97 Å². The summed E-state index contributed by atoms with van der Waals surface area (Å²) in [6.07, 6.45) is 2.00. The fraction of sp³-hybridized carbons (Fsp3) is 0.462. The van der Waals surface area contributed by atoms with Crippen LogP contribution in [0, 0.1) is 37.7 Å². The number of carboxylic acids is 1. The van der Waals surface area contributed by atoms with Crippen LogP contribution in [0.2, 0.25) is 0 Å². The van der Waals surface area contributed by atoms with Crippen LogP contribution in [-0.4, -0.2) is 29.4 Å². The van der Waals surface area contributed by atoms with Gasteiger partial charge in [0.25, 0.3) is 0 Å². The third-order valence-electron chi connectivity index (χ3n) is 3.10. The van der Waals surface area contributed by atoms with Crippen molar-refractivity contribution in [2.45, 2.75) is 25.2 Å². The van der Waals surface area contributed by atoms with Crippen LogP contribution in [0.4, 0.5) is 0 Å². The number of ether oxygens (including phenoxy) is 1. The first-order valence-corrected chi connectivity index (χ1v) is 5.79. The molecule has 0 bridgehead atoms. The van der Waals surface area contributed by atoms with E-state index < -0.39 is 5.97 Å². The van der Waals surface area contributed by atoms with Crippen LogP contribution in [0.25, 0.3) is 0 Å². The molecule has 1 aromatic carbocycles. The summed E-state index contributed by atoms with van der Waals surface area (Å²) < 4.78 is 5.33. The molecule has 1 atom stereocenters. The number of hydrogen-bond donors (Lipinski definition) is 2. The second-order valence-electron chi connectivity index (χ2n) is 4.27. The first-order valence-electron chi connectivity index (χ1n) is 5.79. The number of fused-ring (bicyclic) bond motifs is 1. The van der Waals surface area contributed by atoms with Crippen LogP contribution in [0.15, 0.2) is 18.2 Å². The first-order chi connectivity index (χ1) is 8.20. The van der Waals surface area contributed by atoms with Gasteiger partial charge in [-0.2, -0.15) is 0 Å². The molecule has 0 saturated carbocycles. The zero-order valence-corrected chi connectivity index (χ0v) is 10.6. The van der Waals surface area contributed by atoms with Crippen molar-refractivity contribution < 1.29 is 57.5 Å². The zero-order chi connectivity index (χ0) is 12.3. The molecule has 1 aliphatic rings. The number of carboxylic acid groups (broad SMARTS) is 1. The normalized spacial score (nSPS) is 16.8. The quantitative estimate of drug-likeness (QED) is 0.856. The average Bonchev–Trinajstić information content (AvgIpc) is 2.68. The molecule has 0 saturated heterocycles. The molecule has 1 aromatic rings. The predicted octanol–water partition coefficient (Wildman–Crippen LogP) is 1.56. The van der Waals surface area contributed by atoms with Crippen LogP contribution in [0.5, 0.6) is 5.75 Å². The standard InChI is InChI=1S/C13H16O4.Ar/c14-5-6-17-11-3-4-12-9(7-11)1-2-10(12)8-13(15)16;/h3-4,7,10,14H,1-2,5-6,8H2,(H,15,16);/t10-;/m0./s1. The van der Waals surface area contributed by atoms with Gasteiger partial charge in [-0.3, -0.25) is 4.79 Å². The largest absolute Gasteiger partial charge is 0.491 e. The Hall–Kier alpha value is -0.290. The molecule has 1 aliphatic carbocycles. The van der Waals surface area contributed by atoms with Crippen LogP contribution in [0.3, 0.4) is 0 Å². The maximum Gasteiger partial charge on any atom is 0.303 e. The summed E-state index contributed by atoms with van der Waals surface area (Å²) in [4.78, 5) is 10.7. The molecule has 2 N–H and O–H groups in total. The number of aliphatic hydroxyl groups excluding tert-OH is 1. The third-order valence-corrected chi connectivity index (χ3v) is 3.10. The van der Waals surface area contributed by atoms with Gasteiger partial charge < -0.3 is 14.9 Å². The van der Waals surface area contributed by atoms with Gasteiger partial charge in [0.1, 0.15) is 12.4 Å². The summed E-state index contributed by atoms with van der Waals surface area (Å²) in [5.41, 5.74) is 2.30. The molecular formula is C13H16ArO4. The summed E-state index contributed by atoms with van der Waals surface area (Å²) in [5.74, 6) is 0.131. The fourth-order valence-corrected chi connectivity index (χ4v) is 2.36. The number of rotatable bonds is 5. The van der Waals surface area contributed by atoms with E-state index in [0.717, 1.165) is 24.2 Å². The van der Waals surface area contributed by atoms with Crippen molar-refractivity contribution in [3.05, 3.63) is 29.3 Å². The topological polar surface area (TPSA) is 66.8 Å².